The zero-order valence-electron chi connectivity index (χ0n) is 20.6. The van der Waals surface area contributed by atoms with Gasteiger partial charge in [-0.25, -0.2) is 23.0 Å². The third kappa shape index (κ3) is 7.41. The number of piperidine rings is 1. The molecule has 0 aromatic heterocycles. The van der Waals surface area contributed by atoms with Crippen LogP contribution in [0.4, 0.5) is 18.0 Å². The minimum atomic E-state index is -1.42. The molecule has 1 aromatic rings. The van der Waals surface area contributed by atoms with Crippen LogP contribution in [0.15, 0.2) is 23.3 Å². The van der Waals surface area contributed by atoms with Crippen molar-refractivity contribution < 1.29 is 27.5 Å². The minimum Gasteiger partial charge on any atom is -0.444 e. The van der Waals surface area contributed by atoms with E-state index in [1.54, 1.807) is 20.8 Å². The van der Waals surface area contributed by atoms with Crippen LogP contribution in [0.1, 0.15) is 52.1 Å². The lowest BCUT2D eigenvalue weighted by molar-refractivity contribution is -0.142. The fourth-order valence-corrected chi connectivity index (χ4v) is 4.29. The third-order valence-corrected chi connectivity index (χ3v) is 6.00. The fraction of sp³-hybridized carbons (Fsp3) is 0.625. The number of nitrogens with zero attached hydrogens (tertiary/aromatic N) is 3. The summed E-state index contributed by atoms with van der Waals surface area (Å²) in [5, 5.41) is 11.1. The Balaban J connectivity index is 1.49. The Hall–Kier alpha value is -2.66. The van der Waals surface area contributed by atoms with Crippen LogP contribution in [0.3, 0.4) is 0 Å². The van der Waals surface area contributed by atoms with Crippen LogP contribution in [-0.2, 0) is 9.53 Å². The molecule has 194 valence electrons. The first kappa shape index (κ1) is 26.9. The van der Waals surface area contributed by atoms with Gasteiger partial charge in [-0.15, -0.1) is 0 Å². The molecule has 1 unspecified atom stereocenters. The van der Waals surface area contributed by atoms with Crippen LogP contribution >= 0.6 is 0 Å². The number of rotatable bonds is 7. The van der Waals surface area contributed by atoms with Crippen molar-refractivity contribution in [1.82, 2.24) is 20.5 Å². The predicted molar refractivity (Wildman–Crippen MR) is 125 cm³/mol. The molecule has 0 spiro atoms. The van der Waals surface area contributed by atoms with E-state index >= 15 is 4.39 Å². The molecule has 0 radical (unpaired) electrons. The van der Waals surface area contributed by atoms with Gasteiger partial charge in [0.05, 0.1) is 18.1 Å². The van der Waals surface area contributed by atoms with Gasteiger partial charge in [-0.05, 0) is 51.8 Å². The molecule has 0 saturated carbocycles. The van der Waals surface area contributed by atoms with Crippen molar-refractivity contribution >= 4 is 18.2 Å². The van der Waals surface area contributed by atoms with E-state index < -0.39 is 47.4 Å². The van der Waals surface area contributed by atoms with Crippen molar-refractivity contribution in [2.75, 3.05) is 26.2 Å². The average Bonchev–Trinajstić information content (AvgIpc) is 3.24. The molecule has 2 heterocycles. The number of benzene rings is 1. The van der Waals surface area contributed by atoms with Crippen LogP contribution in [-0.4, -0.2) is 72.2 Å². The summed E-state index contributed by atoms with van der Waals surface area (Å²) in [4.78, 5) is 26.7. The van der Waals surface area contributed by atoms with Gasteiger partial charge in [0.2, 0.25) is 5.91 Å². The molecule has 1 saturated heterocycles. The van der Waals surface area contributed by atoms with Crippen LogP contribution in [0.2, 0.25) is 0 Å². The largest absolute Gasteiger partial charge is 0.444 e. The molecule has 2 aliphatic rings. The Morgan fingerprint density at radius 2 is 1.89 bits per heavy atom. The van der Waals surface area contributed by atoms with E-state index in [-0.39, 0.29) is 12.7 Å². The summed E-state index contributed by atoms with van der Waals surface area (Å²) in [5.41, 5.74) is -0.282. The lowest BCUT2D eigenvalue weighted by atomic mass is 9.92. The number of hydrazone groups is 1. The molecule has 0 aliphatic carbocycles. The number of alkyl halides is 1. The molecule has 8 nitrogen and oxygen atoms in total. The molecule has 11 heteroatoms. The molecular weight excluding hydrogens is 463 g/mol. The monoisotopic (exact) mass is 497 g/mol. The highest BCUT2D eigenvalue weighted by atomic mass is 19.1. The summed E-state index contributed by atoms with van der Waals surface area (Å²) < 4.78 is 47.6. The van der Waals surface area contributed by atoms with E-state index in [0.717, 1.165) is 11.1 Å². The maximum Gasteiger partial charge on any atom is 0.407 e. The Labute approximate surface area is 203 Å². The van der Waals surface area contributed by atoms with Crippen LogP contribution < -0.4 is 10.6 Å². The fourth-order valence-electron chi connectivity index (χ4n) is 4.29. The minimum absolute atomic E-state index is 0.0564. The highest BCUT2D eigenvalue weighted by Gasteiger charge is 2.41. The molecule has 2 N–H and O–H groups in total. The second kappa shape index (κ2) is 11.4. The topological polar surface area (TPSA) is 86.3 Å². The number of hydrogen-bond donors (Lipinski definition) is 2. The van der Waals surface area contributed by atoms with Gasteiger partial charge in [0.25, 0.3) is 0 Å². The van der Waals surface area contributed by atoms with E-state index in [4.69, 9.17) is 4.74 Å². The number of nitrogens with one attached hydrogen (secondary N) is 2. The maximum absolute atomic E-state index is 15.1. The van der Waals surface area contributed by atoms with Gasteiger partial charge in [0.15, 0.2) is 0 Å². The summed E-state index contributed by atoms with van der Waals surface area (Å²) in [6, 6.07) is 2.45. The average molecular weight is 498 g/mol. The highest BCUT2D eigenvalue weighted by Crippen LogP contribution is 2.33. The van der Waals surface area contributed by atoms with E-state index in [9.17, 15) is 18.4 Å². The summed E-state index contributed by atoms with van der Waals surface area (Å²) >= 11 is 0. The normalized spacial score (nSPS) is 23.9. The molecular formula is C24H34F3N5O3. The summed E-state index contributed by atoms with van der Waals surface area (Å²) in [6.07, 6.45) is 0.0178. The standard InChI is InChI=1S/C24H34F3N5O3/c1-15(28-8-9-29-23(34)35-24(2,3)4)31-10-6-19(20(27)14-31)22(33)32-21(5-7-30-32)16-11-17(25)13-18(26)12-16/h7,11-13,15,19-21,28H,5-6,8-10,14H2,1-4H3,(H,29,34)/t15?,19-,20+,21+/m1/s1. The van der Waals surface area contributed by atoms with E-state index in [1.807, 2.05) is 11.8 Å². The molecule has 3 rings (SSSR count). The molecule has 4 atom stereocenters. The first-order chi connectivity index (χ1) is 16.4. The van der Waals surface area contributed by atoms with Crippen molar-refractivity contribution in [3.05, 3.63) is 35.4 Å². The molecule has 0 bridgehead atoms. The van der Waals surface area contributed by atoms with Gasteiger partial charge in [0.1, 0.15) is 23.4 Å². The van der Waals surface area contributed by atoms with Crippen molar-refractivity contribution in [1.29, 1.82) is 0 Å². The van der Waals surface area contributed by atoms with Crippen LogP contribution in [0.25, 0.3) is 0 Å². The number of amides is 2. The SMILES string of the molecule is CC(NCCNC(=O)OC(C)(C)C)N1CC[C@@H](C(=O)N2N=CC[C@H]2c2cc(F)cc(F)c2)[C@@H](F)C1. The number of alkyl carbamates (subject to hydrolysis) is 1. The molecule has 35 heavy (non-hydrogen) atoms. The van der Waals surface area contributed by atoms with Crippen molar-refractivity contribution in [2.24, 2.45) is 11.0 Å². The number of likely N-dealkylation sites (tertiary alicyclic amines) is 1. The quantitative estimate of drug-likeness (QED) is 0.565. The second-order valence-electron chi connectivity index (χ2n) is 9.90. The molecule has 2 aliphatic heterocycles. The number of carbonyl (C=O) groups excluding carboxylic acids is 2. The van der Waals surface area contributed by atoms with E-state index in [1.165, 1.54) is 18.3 Å². The van der Waals surface area contributed by atoms with Gasteiger partial charge in [-0.2, -0.15) is 5.10 Å². The first-order valence-electron chi connectivity index (χ1n) is 11.8. The lowest BCUT2D eigenvalue weighted by Crippen LogP contribution is -2.54. The second-order valence-corrected chi connectivity index (χ2v) is 9.90. The molecule has 1 aromatic carbocycles. The summed E-state index contributed by atoms with van der Waals surface area (Å²) in [5.74, 6) is -2.84. The van der Waals surface area contributed by atoms with Crippen molar-refractivity contribution in [2.45, 2.75) is 64.5 Å². The van der Waals surface area contributed by atoms with Crippen LogP contribution in [0.5, 0.6) is 0 Å². The first-order valence-corrected chi connectivity index (χ1v) is 11.8. The van der Waals surface area contributed by atoms with Gasteiger partial charge < -0.3 is 15.4 Å². The van der Waals surface area contributed by atoms with Gasteiger partial charge in [-0.1, -0.05) is 0 Å². The number of halogens is 3. The van der Waals surface area contributed by atoms with Gasteiger partial charge in [0, 0.05) is 44.9 Å². The zero-order valence-corrected chi connectivity index (χ0v) is 20.6. The van der Waals surface area contributed by atoms with Gasteiger partial charge >= 0.3 is 6.09 Å². The van der Waals surface area contributed by atoms with Gasteiger partial charge in [-0.3, -0.25) is 9.69 Å². The number of ether oxygens (including phenoxy) is 1. The van der Waals surface area contributed by atoms with Crippen LogP contribution in [0, 0.1) is 17.6 Å². The maximum atomic E-state index is 15.1. The Kier molecular flexibility index (Phi) is 8.76. The van der Waals surface area contributed by atoms with Crippen molar-refractivity contribution in [3.63, 3.8) is 0 Å². The molecule has 2 amide bonds. The van der Waals surface area contributed by atoms with E-state index in [0.29, 0.717) is 38.0 Å². The number of hydrogen-bond acceptors (Lipinski definition) is 6. The Bertz CT molecular complexity index is 919. The highest BCUT2D eigenvalue weighted by molar-refractivity contribution is 5.82. The Morgan fingerprint density at radius 1 is 1.20 bits per heavy atom. The molecule has 1 fully saturated rings. The summed E-state index contributed by atoms with van der Waals surface area (Å²) in [6.45, 7) is 8.60. The summed E-state index contributed by atoms with van der Waals surface area (Å²) in [7, 11) is 0. The Morgan fingerprint density at radius 3 is 2.51 bits per heavy atom. The zero-order chi connectivity index (χ0) is 25.8. The smallest absolute Gasteiger partial charge is 0.407 e. The third-order valence-electron chi connectivity index (χ3n) is 6.00. The van der Waals surface area contributed by atoms with Crippen molar-refractivity contribution in [3.8, 4) is 0 Å². The number of carbonyl (C=O) groups is 2. The predicted octanol–water partition coefficient (Wildman–Crippen LogP) is 3.34. The van der Waals surface area contributed by atoms with E-state index in [2.05, 4.69) is 15.7 Å². The lowest BCUT2D eigenvalue weighted by Gasteiger charge is -2.39.